The van der Waals surface area contributed by atoms with Gasteiger partial charge in [0.05, 0.1) is 23.7 Å². The van der Waals surface area contributed by atoms with Gasteiger partial charge in [-0.2, -0.15) is 0 Å². The van der Waals surface area contributed by atoms with Crippen LogP contribution in [0.25, 0.3) is 0 Å². The number of benzene rings is 1. The molecule has 1 atom stereocenters. The summed E-state index contributed by atoms with van der Waals surface area (Å²) in [5.74, 6) is -0.209. The van der Waals surface area contributed by atoms with Gasteiger partial charge in [0, 0.05) is 36.2 Å². The number of carbonyl (C=O) groups excluding carboxylic acids is 1. The first-order valence-corrected chi connectivity index (χ1v) is 9.18. The Labute approximate surface area is 154 Å². The molecule has 0 aliphatic carbocycles. The van der Waals surface area contributed by atoms with Crippen LogP contribution in [-0.2, 0) is 4.74 Å². The number of nitrogens with zero attached hydrogens (tertiary/aromatic N) is 2. The minimum absolute atomic E-state index is 0.0601. The summed E-state index contributed by atoms with van der Waals surface area (Å²) in [6, 6.07) is 3.16. The molecule has 0 saturated carbocycles. The van der Waals surface area contributed by atoms with Crippen molar-refractivity contribution in [2.24, 2.45) is 0 Å². The smallest absolute Gasteiger partial charge is 0.294 e. The minimum atomic E-state index is -0.445. The maximum absolute atomic E-state index is 13.0. The normalized spacial score (nSPS) is 21.0. The predicted molar refractivity (Wildman–Crippen MR) is 97.0 cm³/mol. The predicted octanol–water partition coefficient (Wildman–Crippen LogP) is 1.99. The molecule has 0 radical (unpaired) electrons. The van der Waals surface area contributed by atoms with Crippen molar-refractivity contribution in [3.8, 4) is 0 Å². The lowest BCUT2D eigenvalue weighted by Crippen LogP contribution is -2.42. The van der Waals surface area contributed by atoms with E-state index in [2.05, 4.69) is 26.6 Å². The van der Waals surface area contributed by atoms with Gasteiger partial charge in [-0.3, -0.25) is 14.9 Å². The van der Waals surface area contributed by atoms with Gasteiger partial charge in [-0.05, 0) is 25.5 Å². The van der Waals surface area contributed by atoms with Crippen LogP contribution in [0.2, 0.25) is 0 Å². The third-order valence-corrected chi connectivity index (χ3v) is 4.91. The highest BCUT2D eigenvalue weighted by atomic mass is 79.9. The van der Waals surface area contributed by atoms with Crippen molar-refractivity contribution < 1.29 is 14.5 Å². The summed E-state index contributed by atoms with van der Waals surface area (Å²) >= 11 is 3.29. The molecule has 3 rings (SSSR count). The van der Waals surface area contributed by atoms with Crippen molar-refractivity contribution in [3.05, 3.63) is 32.3 Å². The van der Waals surface area contributed by atoms with Crippen molar-refractivity contribution in [3.63, 3.8) is 0 Å². The molecule has 9 heteroatoms. The number of amides is 1. The van der Waals surface area contributed by atoms with Crippen molar-refractivity contribution in [1.29, 1.82) is 0 Å². The Hall–Kier alpha value is -1.71. The Bertz CT molecular complexity index is 658. The molecular formula is C16H21BrN4O4. The van der Waals surface area contributed by atoms with E-state index >= 15 is 0 Å². The largest absolute Gasteiger partial charge is 0.378 e. The van der Waals surface area contributed by atoms with Crippen molar-refractivity contribution >= 4 is 33.2 Å². The van der Waals surface area contributed by atoms with Gasteiger partial charge in [-0.25, -0.2) is 0 Å². The van der Waals surface area contributed by atoms with E-state index in [-0.39, 0.29) is 17.6 Å². The first-order chi connectivity index (χ1) is 12.1. The van der Waals surface area contributed by atoms with Gasteiger partial charge in [0.2, 0.25) is 0 Å². The fraction of sp³-hybridized carbons (Fsp3) is 0.562. The molecule has 0 bridgehead atoms. The lowest BCUT2D eigenvalue weighted by atomic mass is 10.0. The number of nitrogens with one attached hydrogen (secondary N) is 2. The van der Waals surface area contributed by atoms with Crippen LogP contribution in [0.1, 0.15) is 23.2 Å². The summed E-state index contributed by atoms with van der Waals surface area (Å²) in [7, 11) is 0. The highest BCUT2D eigenvalue weighted by molar-refractivity contribution is 9.10. The average molecular weight is 413 g/mol. The highest BCUT2D eigenvalue weighted by Crippen LogP contribution is 2.34. The van der Waals surface area contributed by atoms with E-state index in [4.69, 9.17) is 4.74 Å². The fourth-order valence-corrected chi connectivity index (χ4v) is 3.62. The molecule has 1 aromatic carbocycles. The lowest BCUT2D eigenvalue weighted by Gasteiger charge is -2.29. The first-order valence-electron chi connectivity index (χ1n) is 8.38. The molecule has 1 aromatic rings. The SMILES string of the molecule is O=C(c1cc(Br)cc([N+](=O)[O-])c1N[C@@H]1CCCNC1)N1CCOCC1. The number of anilines is 1. The second-order valence-electron chi connectivity index (χ2n) is 6.20. The maximum Gasteiger partial charge on any atom is 0.294 e. The van der Waals surface area contributed by atoms with Gasteiger partial charge < -0.3 is 20.3 Å². The molecule has 2 N–H and O–H groups in total. The molecule has 8 nitrogen and oxygen atoms in total. The third-order valence-electron chi connectivity index (χ3n) is 4.45. The quantitative estimate of drug-likeness (QED) is 0.579. The Balaban J connectivity index is 1.96. The average Bonchev–Trinajstić information content (AvgIpc) is 2.63. The number of hydrogen-bond donors (Lipinski definition) is 2. The standard InChI is InChI=1S/C16H21BrN4O4/c17-11-8-13(16(22)20-4-6-25-7-5-20)15(14(9-11)21(23)24)19-12-2-1-3-18-10-12/h8-9,12,18-19H,1-7,10H2/t12-/m1/s1. The lowest BCUT2D eigenvalue weighted by molar-refractivity contribution is -0.384. The van der Waals surface area contributed by atoms with Crippen LogP contribution in [0.15, 0.2) is 16.6 Å². The van der Waals surface area contributed by atoms with Crippen LogP contribution in [-0.4, -0.2) is 61.2 Å². The van der Waals surface area contributed by atoms with Crippen LogP contribution in [0.5, 0.6) is 0 Å². The molecule has 2 fully saturated rings. The summed E-state index contributed by atoms with van der Waals surface area (Å²) in [6.45, 7) is 3.61. The van der Waals surface area contributed by atoms with E-state index in [9.17, 15) is 14.9 Å². The van der Waals surface area contributed by atoms with Gasteiger partial charge in [-0.15, -0.1) is 0 Å². The molecule has 0 spiro atoms. The number of carbonyl (C=O) groups is 1. The van der Waals surface area contributed by atoms with Gasteiger partial charge >= 0.3 is 0 Å². The van der Waals surface area contributed by atoms with Gasteiger partial charge in [-0.1, -0.05) is 15.9 Å². The maximum atomic E-state index is 13.0. The number of morpholine rings is 1. The molecule has 2 saturated heterocycles. The second kappa shape index (κ2) is 8.11. The number of halogens is 1. The molecular weight excluding hydrogens is 392 g/mol. The third kappa shape index (κ3) is 4.28. The fourth-order valence-electron chi connectivity index (χ4n) is 3.17. The molecule has 2 aliphatic heterocycles. The number of nitro benzene ring substituents is 1. The zero-order valence-electron chi connectivity index (χ0n) is 13.8. The summed E-state index contributed by atoms with van der Waals surface area (Å²) in [5.41, 5.74) is 0.545. The molecule has 1 amide bonds. The summed E-state index contributed by atoms with van der Waals surface area (Å²) in [5, 5.41) is 18.1. The van der Waals surface area contributed by atoms with Gasteiger partial charge in [0.15, 0.2) is 0 Å². The molecule has 2 heterocycles. The number of ether oxygens (including phenoxy) is 1. The van der Waals surface area contributed by atoms with Crippen molar-refractivity contribution in [2.75, 3.05) is 44.7 Å². The van der Waals surface area contributed by atoms with Crippen LogP contribution in [0.3, 0.4) is 0 Å². The zero-order chi connectivity index (χ0) is 17.8. The van der Waals surface area contributed by atoms with E-state index in [0.29, 0.717) is 42.0 Å². The van der Waals surface area contributed by atoms with E-state index in [0.717, 1.165) is 25.9 Å². The topological polar surface area (TPSA) is 96.7 Å². The Morgan fingerprint density at radius 2 is 2.16 bits per heavy atom. The van der Waals surface area contributed by atoms with Crippen LogP contribution >= 0.6 is 15.9 Å². The van der Waals surface area contributed by atoms with Crippen molar-refractivity contribution in [1.82, 2.24) is 10.2 Å². The van der Waals surface area contributed by atoms with Gasteiger partial charge in [0.25, 0.3) is 11.6 Å². The van der Waals surface area contributed by atoms with E-state index in [1.807, 2.05) is 0 Å². The Morgan fingerprint density at radius 3 is 2.80 bits per heavy atom. The monoisotopic (exact) mass is 412 g/mol. The van der Waals surface area contributed by atoms with Crippen LogP contribution in [0, 0.1) is 10.1 Å². The molecule has 0 unspecified atom stereocenters. The van der Waals surface area contributed by atoms with E-state index < -0.39 is 4.92 Å². The van der Waals surface area contributed by atoms with E-state index in [1.54, 1.807) is 11.0 Å². The first kappa shape index (κ1) is 18.1. The summed E-state index contributed by atoms with van der Waals surface area (Å²) in [4.78, 5) is 25.7. The molecule has 0 aromatic heterocycles. The number of rotatable bonds is 4. The minimum Gasteiger partial charge on any atom is -0.378 e. The second-order valence-corrected chi connectivity index (χ2v) is 7.11. The van der Waals surface area contributed by atoms with Gasteiger partial charge in [0.1, 0.15) is 5.69 Å². The molecule has 136 valence electrons. The Morgan fingerprint density at radius 1 is 1.40 bits per heavy atom. The zero-order valence-corrected chi connectivity index (χ0v) is 15.4. The molecule has 2 aliphatic rings. The van der Waals surface area contributed by atoms with E-state index in [1.165, 1.54) is 6.07 Å². The number of nitro groups is 1. The molecule has 25 heavy (non-hydrogen) atoms. The van der Waals surface area contributed by atoms with Crippen LogP contribution < -0.4 is 10.6 Å². The number of piperidine rings is 1. The summed E-state index contributed by atoms with van der Waals surface area (Å²) in [6.07, 6.45) is 1.90. The van der Waals surface area contributed by atoms with Crippen molar-refractivity contribution in [2.45, 2.75) is 18.9 Å². The number of hydrogen-bond acceptors (Lipinski definition) is 6. The van der Waals surface area contributed by atoms with Crippen LogP contribution in [0.4, 0.5) is 11.4 Å². The summed E-state index contributed by atoms with van der Waals surface area (Å²) < 4.78 is 5.80. The highest BCUT2D eigenvalue weighted by Gasteiger charge is 2.29. The Kier molecular flexibility index (Phi) is 5.87.